The minimum absolute atomic E-state index is 0. The summed E-state index contributed by atoms with van der Waals surface area (Å²) in [6.07, 6.45) is 6.10. The predicted octanol–water partition coefficient (Wildman–Crippen LogP) is 3.66. The fraction of sp³-hybridized carbons (Fsp3) is 0.500. The highest BCUT2D eigenvalue weighted by atomic mass is 35.5. The molecule has 1 saturated carbocycles. The van der Waals surface area contributed by atoms with Crippen molar-refractivity contribution < 1.29 is 0 Å². The van der Waals surface area contributed by atoms with Gasteiger partial charge in [0.1, 0.15) is 0 Å². The maximum absolute atomic E-state index is 4.39. The summed E-state index contributed by atoms with van der Waals surface area (Å²) in [6, 6.07) is 6.81. The van der Waals surface area contributed by atoms with Gasteiger partial charge in [-0.05, 0) is 55.4 Å². The van der Waals surface area contributed by atoms with Gasteiger partial charge in [-0.15, -0.1) is 12.4 Å². The zero-order valence-electron chi connectivity index (χ0n) is 13.9. The van der Waals surface area contributed by atoms with Crippen LogP contribution < -0.4 is 5.32 Å². The van der Waals surface area contributed by atoms with Crippen LogP contribution in [-0.2, 0) is 20.0 Å². The molecule has 0 atom stereocenters. The maximum atomic E-state index is 4.39. The molecule has 0 spiro atoms. The van der Waals surface area contributed by atoms with E-state index in [2.05, 4.69) is 33.5 Å². The van der Waals surface area contributed by atoms with E-state index in [1.54, 1.807) is 0 Å². The van der Waals surface area contributed by atoms with Gasteiger partial charge < -0.3 is 5.32 Å². The highest BCUT2D eigenvalue weighted by molar-refractivity contribution is 5.85. The molecule has 4 nitrogen and oxygen atoms in total. The molecule has 5 heteroatoms. The van der Waals surface area contributed by atoms with E-state index in [9.17, 15) is 0 Å². The Hall–Kier alpha value is -1.52. The highest BCUT2D eigenvalue weighted by Gasteiger charge is 2.26. The van der Waals surface area contributed by atoms with Gasteiger partial charge in [-0.1, -0.05) is 6.07 Å². The quantitative estimate of drug-likeness (QED) is 0.927. The van der Waals surface area contributed by atoms with Crippen molar-refractivity contribution in [3.63, 3.8) is 0 Å². The van der Waals surface area contributed by atoms with Crippen molar-refractivity contribution in [1.82, 2.24) is 14.7 Å². The molecule has 2 heterocycles. The lowest BCUT2D eigenvalue weighted by atomic mass is 9.98. The zero-order chi connectivity index (χ0) is 15.1. The summed E-state index contributed by atoms with van der Waals surface area (Å²) in [7, 11) is 1.96. The zero-order valence-corrected chi connectivity index (χ0v) is 14.7. The van der Waals surface area contributed by atoms with Crippen LogP contribution in [0, 0.1) is 12.8 Å². The average molecular weight is 333 g/mol. The molecule has 1 fully saturated rings. The van der Waals surface area contributed by atoms with Gasteiger partial charge in [0.15, 0.2) is 0 Å². The normalized spacial score (nSPS) is 17.5. The summed E-state index contributed by atoms with van der Waals surface area (Å²) in [6.45, 7) is 5.66. The molecule has 0 unspecified atom stereocenters. The number of benzene rings is 1. The van der Waals surface area contributed by atoms with Gasteiger partial charge in [0.2, 0.25) is 0 Å². The van der Waals surface area contributed by atoms with E-state index >= 15 is 0 Å². The number of halogens is 1. The fourth-order valence-corrected chi connectivity index (χ4v) is 3.39. The van der Waals surface area contributed by atoms with E-state index in [-0.39, 0.29) is 12.4 Å². The van der Waals surface area contributed by atoms with Crippen LogP contribution in [0.3, 0.4) is 0 Å². The van der Waals surface area contributed by atoms with Crippen LogP contribution in [0.1, 0.15) is 29.7 Å². The van der Waals surface area contributed by atoms with Crippen molar-refractivity contribution in [3.8, 4) is 0 Å². The standard InChI is InChI=1S/C18H24N4.ClH/c1-13-18(12-21(2)20-13)19-17-6-5-15-7-8-22(10-14-3-4-14)11-16(15)9-17;/h5-6,9,12,14,19H,3-4,7-8,10-11H2,1-2H3;1H. The van der Waals surface area contributed by atoms with Crippen LogP contribution in [0.4, 0.5) is 11.4 Å². The predicted molar refractivity (Wildman–Crippen MR) is 96.6 cm³/mol. The Kier molecular flexibility index (Phi) is 4.64. The summed E-state index contributed by atoms with van der Waals surface area (Å²) in [5, 5.41) is 7.90. The lowest BCUT2D eigenvalue weighted by Crippen LogP contribution is -2.32. The molecule has 0 radical (unpaired) electrons. The first-order valence-corrected chi connectivity index (χ1v) is 8.29. The molecule has 1 aliphatic carbocycles. The first kappa shape index (κ1) is 16.3. The fourth-order valence-electron chi connectivity index (χ4n) is 3.39. The molecule has 124 valence electrons. The van der Waals surface area contributed by atoms with Gasteiger partial charge in [-0.2, -0.15) is 5.10 Å². The summed E-state index contributed by atoms with van der Waals surface area (Å²) in [4.78, 5) is 2.62. The number of anilines is 2. The second kappa shape index (κ2) is 6.54. The molecule has 2 aliphatic rings. The minimum atomic E-state index is 0. The van der Waals surface area contributed by atoms with Gasteiger partial charge in [-0.3, -0.25) is 9.58 Å². The molecule has 4 rings (SSSR count). The van der Waals surface area contributed by atoms with Crippen molar-refractivity contribution in [2.45, 2.75) is 32.7 Å². The first-order chi connectivity index (χ1) is 10.7. The Bertz CT molecular complexity index is 690. The second-order valence-corrected chi connectivity index (χ2v) is 6.84. The van der Waals surface area contributed by atoms with Crippen molar-refractivity contribution in [2.24, 2.45) is 13.0 Å². The van der Waals surface area contributed by atoms with Crippen LogP contribution in [0.15, 0.2) is 24.4 Å². The third-order valence-electron chi connectivity index (χ3n) is 4.80. The van der Waals surface area contributed by atoms with Crippen molar-refractivity contribution in [1.29, 1.82) is 0 Å². The molecule has 0 bridgehead atoms. The van der Waals surface area contributed by atoms with E-state index < -0.39 is 0 Å². The smallest absolute Gasteiger partial charge is 0.0828 e. The summed E-state index contributed by atoms with van der Waals surface area (Å²) in [5.74, 6) is 0.973. The van der Waals surface area contributed by atoms with Crippen LogP contribution >= 0.6 is 12.4 Å². The number of nitrogens with one attached hydrogen (secondary N) is 1. The molecule has 1 aliphatic heterocycles. The molecule has 0 saturated heterocycles. The number of hydrogen-bond donors (Lipinski definition) is 1. The number of nitrogens with zero attached hydrogens (tertiary/aromatic N) is 3. The van der Waals surface area contributed by atoms with E-state index in [1.165, 1.54) is 49.2 Å². The SMILES string of the molecule is Cc1nn(C)cc1Nc1ccc2c(c1)CN(CC1CC1)CC2.Cl. The summed E-state index contributed by atoms with van der Waals surface area (Å²) < 4.78 is 1.85. The van der Waals surface area contributed by atoms with Crippen LogP contribution in [0.5, 0.6) is 0 Å². The Labute approximate surface area is 144 Å². The lowest BCUT2D eigenvalue weighted by Gasteiger charge is -2.29. The number of hydrogen-bond acceptors (Lipinski definition) is 3. The summed E-state index contributed by atoms with van der Waals surface area (Å²) in [5.41, 5.74) is 6.30. The molecule has 1 aromatic heterocycles. The Morgan fingerprint density at radius 3 is 2.78 bits per heavy atom. The van der Waals surface area contributed by atoms with E-state index in [0.29, 0.717) is 0 Å². The largest absolute Gasteiger partial charge is 0.353 e. The first-order valence-electron chi connectivity index (χ1n) is 8.29. The third kappa shape index (κ3) is 3.70. The molecule has 2 aromatic rings. The molecule has 1 aromatic carbocycles. The van der Waals surface area contributed by atoms with Gasteiger partial charge in [-0.25, -0.2) is 0 Å². The number of aromatic nitrogens is 2. The highest BCUT2D eigenvalue weighted by Crippen LogP contribution is 2.32. The van der Waals surface area contributed by atoms with Gasteiger partial charge >= 0.3 is 0 Å². The third-order valence-corrected chi connectivity index (χ3v) is 4.80. The molecule has 0 amide bonds. The number of rotatable bonds is 4. The monoisotopic (exact) mass is 332 g/mol. The second-order valence-electron chi connectivity index (χ2n) is 6.84. The lowest BCUT2D eigenvalue weighted by molar-refractivity contribution is 0.244. The number of fused-ring (bicyclic) bond motifs is 1. The minimum Gasteiger partial charge on any atom is -0.353 e. The van der Waals surface area contributed by atoms with Crippen LogP contribution in [-0.4, -0.2) is 27.8 Å². The Morgan fingerprint density at radius 1 is 1.26 bits per heavy atom. The summed E-state index contributed by atoms with van der Waals surface area (Å²) >= 11 is 0. The van der Waals surface area contributed by atoms with Crippen molar-refractivity contribution in [2.75, 3.05) is 18.4 Å². The van der Waals surface area contributed by atoms with Gasteiger partial charge in [0.25, 0.3) is 0 Å². The van der Waals surface area contributed by atoms with Crippen LogP contribution in [0.25, 0.3) is 0 Å². The Balaban J connectivity index is 0.00000156. The Morgan fingerprint density at radius 2 is 2.09 bits per heavy atom. The van der Waals surface area contributed by atoms with E-state index in [0.717, 1.165) is 23.8 Å². The maximum Gasteiger partial charge on any atom is 0.0828 e. The van der Waals surface area contributed by atoms with Gasteiger partial charge in [0, 0.05) is 38.6 Å². The van der Waals surface area contributed by atoms with E-state index in [1.807, 2.05) is 24.9 Å². The van der Waals surface area contributed by atoms with Gasteiger partial charge in [0.05, 0.1) is 11.4 Å². The molecular formula is C18H25ClN4. The number of aryl methyl sites for hydroxylation is 2. The van der Waals surface area contributed by atoms with Crippen LogP contribution in [0.2, 0.25) is 0 Å². The molecule has 1 N–H and O–H groups in total. The topological polar surface area (TPSA) is 33.1 Å². The molecule has 23 heavy (non-hydrogen) atoms. The van der Waals surface area contributed by atoms with Crippen molar-refractivity contribution in [3.05, 3.63) is 41.2 Å². The van der Waals surface area contributed by atoms with E-state index in [4.69, 9.17) is 0 Å². The molecular weight excluding hydrogens is 308 g/mol. The average Bonchev–Trinajstić information content (AvgIpc) is 3.24. The van der Waals surface area contributed by atoms with Crippen molar-refractivity contribution >= 4 is 23.8 Å².